The zero-order valence-electron chi connectivity index (χ0n) is 54.0. The van der Waals surface area contributed by atoms with E-state index in [2.05, 4.69) is 340 Å². The largest absolute Gasteiger partial charge is 0.456 e. The lowest BCUT2D eigenvalue weighted by Crippen LogP contribution is -2.10. The highest BCUT2D eigenvalue weighted by Crippen LogP contribution is 2.51. The number of furan rings is 4. The summed E-state index contributed by atoms with van der Waals surface area (Å²) >= 11 is 0. The van der Waals surface area contributed by atoms with Gasteiger partial charge in [-0.2, -0.15) is 0 Å². The van der Waals surface area contributed by atoms with Crippen molar-refractivity contribution in [1.82, 2.24) is 0 Å². The first kappa shape index (κ1) is 55.8. The molecule has 0 spiro atoms. The molecule has 0 atom stereocenters. The topological polar surface area (TPSA) is 59.0 Å². The summed E-state index contributed by atoms with van der Waals surface area (Å²) in [5.41, 5.74) is 20.6. The molecule has 0 bridgehead atoms. The second-order valence-electron chi connectivity index (χ2n) is 27.0. The Hall–Kier alpha value is -12.6. The summed E-state index contributed by atoms with van der Waals surface area (Å²) in [4.78, 5) is 4.69. The summed E-state index contributed by atoms with van der Waals surface area (Å²) in [5, 5.41) is 17.9. The van der Waals surface area contributed by atoms with E-state index in [1.54, 1.807) is 0 Å². The molecule has 0 unspecified atom stereocenters. The van der Waals surface area contributed by atoms with Crippen molar-refractivity contribution < 1.29 is 17.7 Å². The first-order valence-corrected chi connectivity index (χ1v) is 33.6. The number of fused-ring (bicyclic) bond motifs is 20. The summed E-state index contributed by atoms with van der Waals surface area (Å²) in [6.45, 7) is 6.73. The van der Waals surface area contributed by atoms with Crippen LogP contribution in [0.25, 0.3) is 164 Å². The average Bonchev–Trinajstić information content (AvgIpc) is 1.54. The second-order valence-corrected chi connectivity index (χ2v) is 27.0. The fourth-order valence-electron chi connectivity index (χ4n) is 15.8. The number of hydrogen-bond acceptors (Lipinski definition) is 6. The highest BCUT2D eigenvalue weighted by atomic mass is 16.3. The fraction of sp³-hybridized carbons (Fsp3) is 0.0435. The van der Waals surface area contributed by atoms with Crippen LogP contribution in [-0.4, -0.2) is 0 Å². The Labute approximate surface area is 563 Å². The van der Waals surface area contributed by atoms with Crippen molar-refractivity contribution in [2.45, 2.75) is 26.2 Å². The summed E-state index contributed by atoms with van der Waals surface area (Å²) in [7, 11) is 0. The Bertz CT molecular complexity index is 6650. The van der Waals surface area contributed by atoms with E-state index in [-0.39, 0.29) is 5.41 Å². The minimum Gasteiger partial charge on any atom is -0.456 e. The van der Waals surface area contributed by atoms with Crippen LogP contribution < -0.4 is 9.80 Å². The Kier molecular flexibility index (Phi) is 12.2. The molecule has 0 saturated heterocycles. The van der Waals surface area contributed by atoms with Gasteiger partial charge in [-0.3, -0.25) is 0 Å². The average molecular weight is 1260 g/mol. The van der Waals surface area contributed by atoms with Gasteiger partial charge in [0.25, 0.3) is 0 Å². The summed E-state index contributed by atoms with van der Waals surface area (Å²) in [6.07, 6.45) is 0. The van der Waals surface area contributed by atoms with Crippen molar-refractivity contribution in [1.29, 1.82) is 0 Å². The Morgan fingerprint density at radius 3 is 1.28 bits per heavy atom. The van der Waals surface area contributed by atoms with Gasteiger partial charge in [0.1, 0.15) is 44.7 Å². The molecule has 16 aromatic carbocycles. The predicted molar refractivity (Wildman–Crippen MR) is 410 cm³/mol. The monoisotopic (exact) mass is 1260 g/mol. The van der Waals surface area contributed by atoms with Crippen molar-refractivity contribution >= 4 is 165 Å². The molecule has 0 N–H and O–H groups in total. The lowest BCUT2D eigenvalue weighted by Gasteiger charge is -2.27. The number of para-hydroxylation sites is 3. The third-order valence-electron chi connectivity index (χ3n) is 20.4. The number of nitrogens with zero attached hydrogens (tertiary/aromatic N) is 2. The molecule has 0 amide bonds. The van der Waals surface area contributed by atoms with E-state index in [0.29, 0.717) is 0 Å². The van der Waals surface area contributed by atoms with Crippen LogP contribution in [0.2, 0.25) is 0 Å². The van der Waals surface area contributed by atoms with Gasteiger partial charge in [0.15, 0.2) is 0 Å². The van der Waals surface area contributed by atoms with Gasteiger partial charge in [0.2, 0.25) is 0 Å². The fourth-order valence-corrected chi connectivity index (χ4v) is 15.8. The lowest BCUT2D eigenvalue weighted by molar-refractivity contribution is 0.573. The van der Waals surface area contributed by atoms with Gasteiger partial charge >= 0.3 is 0 Å². The van der Waals surface area contributed by atoms with E-state index >= 15 is 0 Å². The molecule has 0 saturated carbocycles. The highest BCUT2D eigenvalue weighted by molar-refractivity contribution is 6.31. The number of hydrogen-bond donors (Lipinski definition) is 0. The van der Waals surface area contributed by atoms with E-state index < -0.39 is 0 Å². The molecule has 6 heteroatoms. The molecular weight excluding hydrogens is 1200 g/mol. The molecule has 20 rings (SSSR count). The van der Waals surface area contributed by atoms with Crippen LogP contribution in [0.1, 0.15) is 26.3 Å². The van der Waals surface area contributed by atoms with Gasteiger partial charge in [-0.15, -0.1) is 0 Å². The molecule has 98 heavy (non-hydrogen) atoms. The minimum atomic E-state index is -0.0791. The van der Waals surface area contributed by atoms with Crippen molar-refractivity contribution in [2.75, 3.05) is 9.80 Å². The summed E-state index contributed by atoms with van der Waals surface area (Å²) in [5.74, 6) is 0. The van der Waals surface area contributed by atoms with Gasteiger partial charge < -0.3 is 27.5 Å². The van der Waals surface area contributed by atoms with Crippen LogP contribution >= 0.6 is 0 Å². The van der Waals surface area contributed by atoms with Gasteiger partial charge in [-0.1, -0.05) is 245 Å². The summed E-state index contributed by atoms with van der Waals surface area (Å²) < 4.78 is 27.8. The Morgan fingerprint density at radius 2 is 0.653 bits per heavy atom. The Morgan fingerprint density at radius 1 is 0.235 bits per heavy atom. The van der Waals surface area contributed by atoms with Gasteiger partial charge in [0, 0.05) is 112 Å². The van der Waals surface area contributed by atoms with Crippen LogP contribution in [0.15, 0.2) is 327 Å². The maximum Gasteiger partial charge on any atom is 0.143 e. The molecule has 0 fully saturated rings. The quantitative estimate of drug-likeness (QED) is 0.144. The van der Waals surface area contributed by atoms with Crippen molar-refractivity contribution in [2.24, 2.45) is 0 Å². The molecule has 6 nitrogen and oxygen atoms in total. The maximum atomic E-state index is 7.13. The van der Waals surface area contributed by atoms with Crippen LogP contribution in [0.4, 0.5) is 34.1 Å². The van der Waals surface area contributed by atoms with Crippen molar-refractivity contribution in [3.8, 4) is 33.4 Å². The van der Waals surface area contributed by atoms with Crippen LogP contribution in [0, 0.1) is 0 Å². The normalized spacial score (nSPS) is 12.2. The molecule has 462 valence electrons. The van der Waals surface area contributed by atoms with E-state index in [1.807, 2.05) is 0 Å². The number of rotatable bonds is 9. The van der Waals surface area contributed by atoms with E-state index in [1.165, 1.54) is 21.9 Å². The van der Waals surface area contributed by atoms with Gasteiger partial charge in [-0.05, 0) is 126 Å². The standard InChI is InChI=1S/C92H60N2O4/c1-92(2,3)77-34-18-33-76-71-47-45-62(52-83(71)98-91(76)77)93(60-22-8-5-9-23-60)78-53-85-89(74-28-15-13-26-69(74)78)87-72-31-16-29-64(67(72)48-50-81(87)96-85)58-35-37-59(38-36-58)66-30-17-32-75-70-46-44-63(51-82(70)97-90(66)75)94(61-42-39-56(40-43-61)55-19-6-4-7-20-55)79-54-84-88(73-27-14-12-25-68(73)79)86-65-24-11-10-21-57(65)41-49-80(86)95-84/h4-54H,1-3H3. The van der Waals surface area contributed by atoms with Crippen LogP contribution in [-0.2, 0) is 5.41 Å². The van der Waals surface area contributed by atoms with Crippen molar-refractivity contribution in [3.63, 3.8) is 0 Å². The first-order valence-electron chi connectivity index (χ1n) is 33.6. The molecule has 0 aliphatic heterocycles. The molecule has 0 aliphatic carbocycles. The molecule has 4 heterocycles. The third kappa shape index (κ3) is 8.60. The zero-order chi connectivity index (χ0) is 64.9. The van der Waals surface area contributed by atoms with Gasteiger partial charge in [-0.25, -0.2) is 0 Å². The van der Waals surface area contributed by atoms with Gasteiger partial charge in [0.05, 0.1) is 11.4 Å². The smallest absolute Gasteiger partial charge is 0.143 e. The van der Waals surface area contributed by atoms with Crippen molar-refractivity contribution in [3.05, 3.63) is 315 Å². The molecular formula is C92H60N2O4. The van der Waals surface area contributed by atoms with E-state index in [0.717, 1.165) is 182 Å². The third-order valence-corrected chi connectivity index (χ3v) is 20.4. The summed E-state index contributed by atoms with van der Waals surface area (Å²) in [6, 6.07) is 111. The van der Waals surface area contributed by atoms with Crippen LogP contribution in [0.5, 0.6) is 0 Å². The first-order chi connectivity index (χ1) is 48.2. The zero-order valence-corrected chi connectivity index (χ0v) is 54.0. The molecule has 20 aromatic rings. The number of anilines is 6. The van der Waals surface area contributed by atoms with E-state index in [4.69, 9.17) is 17.7 Å². The lowest BCUT2D eigenvalue weighted by atomic mass is 9.86. The number of benzene rings is 16. The second kappa shape index (κ2) is 21.4. The van der Waals surface area contributed by atoms with E-state index in [9.17, 15) is 0 Å². The SMILES string of the molecule is CC(C)(C)c1cccc2c1oc1cc(N(c3ccccc3)c3cc4oc5ccc6c(-c7ccc(-c8cccc9c8oc8cc(N(c%10ccc(-c%11ccccc%11)cc%10)c%10cc%11oc%12ccc%13ccccc%13c%12c%11c%11ccccc%10%11)ccc89)cc7)cccc6c5c4c4ccccc34)ccc12. The molecule has 0 radical (unpaired) electrons. The molecule has 4 aromatic heterocycles. The minimum absolute atomic E-state index is 0.0791. The predicted octanol–water partition coefficient (Wildman–Crippen LogP) is 27.1. The van der Waals surface area contributed by atoms with Crippen LogP contribution in [0.3, 0.4) is 0 Å². The highest BCUT2D eigenvalue weighted by Gasteiger charge is 2.27. The molecule has 0 aliphatic rings. The maximum absolute atomic E-state index is 7.13. The Balaban J connectivity index is 0.679.